The van der Waals surface area contributed by atoms with E-state index in [1.54, 1.807) is 0 Å². The van der Waals surface area contributed by atoms with Crippen LogP contribution in [0.3, 0.4) is 0 Å². The molecule has 0 aliphatic heterocycles. The first-order chi connectivity index (χ1) is 9.70. The Labute approximate surface area is 119 Å². The van der Waals surface area contributed by atoms with E-state index in [0.29, 0.717) is 18.9 Å². The second-order valence-corrected chi connectivity index (χ2v) is 6.75. The predicted molar refractivity (Wildman–Crippen MR) is 69.5 cm³/mol. The van der Waals surface area contributed by atoms with Gasteiger partial charge in [0.05, 0.1) is 18.5 Å². The highest BCUT2D eigenvalue weighted by Gasteiger charge is 2.36. The van der Waals surface area contributed by atoms with Crippen molar-refractivity contribution < 1.29 is 26.4 Å². The lowest BCUT2D eigenvalue weighted by Crippen LogP contribution is -2.39. The molecule has 1 aliphatic carbocycles. The molecule has 0 spiro atoms. The maximum absolute atomic E-state index is 13.4. The molecule has 0 atom stereocenters. The molecular formula is C12H13F3N2O3S. The number of hydrogen-bond acceptors (Lipinski definition) is 3. The summed E-state index contributed by atoms with van der Waals surface area (Å²) in [6.45, 7) is -0.498. The van der Waals surface area contributed by atoms with Crippen molar-refractivity contribution in [2.45, 2.75) is 18.9 Å². The first-order valence-electron chi connectivity index (χ1n) is 6.10. The summed E-state index contributed by atoms with van der Waals surface area (Å²) in [5, 5.41) is 2.04. The fraction of sp³-hybridized carbons (Fsp3) is 0.417. The van der Waals surface area contributed by atoms with Gasteiger partial charge in [-0.25, -0.2) is 21.6 Å². The number of anilines is 1. The van der Waals surface area contributed by atoms with E-state index in [4.69, 9.17) is 0 Å². The van der Waals surface area contributed by atoms with Gasteiger partial charge in [0, 0.05) is 6.04 Å². The zero-order chi connectivity index (χ0) is 15.8. The fourth-order valence-electron chi connectivity index (χ4n) is 1.83. The van der Waals surface area contributed by atoms with E-state index < -0.39 is 45.6 Å². The molecule has 1 aromatic rings. The number of carbonyl (C=O) groups is 1. The molecule has 1 amide bonds. The minimum atomic E-state index is -3.57. The van der Waals surface area contributed by atoms with Crippen molar-refractivity contribution >= 4 is 21.6 Å². The van der Waals surface area contributed by atoms with E-state index >= 15 is 0 Å². The molecule has 21 heavy (non-hydrogen) atoms. The highest BCUT2D eigenvalue weighted by Crippen LogP contribution is 2.28. The van der Waals surface area contributed by atoms with Crippen LogP contribution in [0.2, 0.25) is 0 Å². The van der Waals surface area contributed by atoms with Gasteiger partial charge in [-0.1, -0.05) is 0 Å². The van der Waals surface area contributed by atoms with Gasteiger partial charge in [0.15, 0.2) is 17.5 Å². The Hall–Kier alpha value is -1.61. The third-order valence-corrected chi connectivity index (χ3v) is 4.27. The van der Waals surface area contributed by atoms with Crippen LogP contribution in [0.25, 0.3) is 0 Å². The summed E-state index contributed by atoms with van der Waals surface area (Å²) in [6.07, 6.45) is 2.27. The molecule has 5 nitrogen and oxygen atoms in total. The average Bonchev–Trinajstić information content (AvgIpc) is 3.20. The van der Waals surface area contributed by atoms with E-state index in [1.165, 1.54) is 0 Å². The Balaban J connectivity index is 2.10. The van der Waals surface area contributed by atoms with Gasteiger partial charge < -0.3 is 5.32 Å². The van der Waals surface area contributed by atoms with Gasteiger partial charge in [0.2, 0.25) is 15.9 Å². The normalized spacial score (nSPS) is 15.3. The molecule has 1 fully saturated rings. The Morgan fingerprint density at radius 3 is 2.43 bits per heavy atom. The number of nitrogens with one attached hydrogen (secondary N) is 1. The van der Waals surface area contributed by atoms with Gasteiger partial charge >= 0.3 is 0 Å². The van der Waals surface area contributed by atoms with Crippen molar-refractivity contribution in [2.24, 2.45) is 0 Å². The van der Waals surface area contributed by atoms with Crippen LogP contribution in [0, 0.1) is 17.5 Å². The summed E-state index contributed by atoms with van der Waals surface area (Å²) in [5.41, 5.74) is -0.539. The van der Waals surface area contributed by atoms with Crippen LogP contribution in [-0.4, -0.2) is 37.5 Å². The van der Waals surface area contributed by atoms with E-state index in [2.05, 4.69) is 0 Å². The molecule has 0 saturated heterocycles. The fourth-order valence-corrected chi connectivity index (χ4v) is 2.94. The molecule has 1 aliphatic rings. The van der Waals surface area contributed by atoms with Crippen molar-refractivity contribution in [3.8, 4) is 0 Å². The molecule has 9 heteroatoms. The minimum absolute atomic E-state index is 0.236. The summed E-state index contributed by atoms with van der Waals surface area (Å²) < 4.78 is 63.2. The zero-order valence-electron chi connectivity index (χ0n) is 11.1. The average molecular weight is 322 g/mol. The van der Waals surface area contributed by atoms with Crippen molar-refractivity contribution in [1.29, 1.82) is 0 Å². The molecule has 1 saturated carbocycles. The summed E-state index contributed by atoms with van der Waals surface area (Å²) in [5.74, 6) is -5.42. The van der Waals surface area contributed by atoms with Gasteiger partial charge in [-0.05, 0) is 25.0 Å². The lowest BCUT2D eigenvalue weighted by atomic mass is 10.2. The molecule has 116 valence electrons. The Kier molecular flexibility index (Phi) is 4.24. The second kappa shape index (κ2) is 5.64. The van der Waals surface area contributed by atoms with Gasteiger partial charge in [0.1, 0.15) is 0 Å². The summed E-state index contributed by atoms with van der Waals surface area (Å²) in [4.78, 5) is 11.8. The quantitative estimate of drug-likeness (QED) is 0.835. The highest BCUT2D eigenvalue weighted by atomic mass is 32.2. The predicted octanol–water partition coefficient (Wildman–Crippen LogP) is 1.47. The maximum Gasteiger partial charge on any atom is 0.239 e. The Morgan fingerprint density at radius 2 is 1.90 bits per heavy atom. The number of nitrogens with zero attached hydrogens (tertiary/aromatic N) is 1. The Morgan fingerprint density at radius 1 is 1.29 bits per heavy atom. The molecule has 0 bridgehead atoms. The van der Waals surface area contributed by atoms with Crippen molar-refractivity contribution in [2.75, 3.05) is 18.1 Å². The summed E-state index contributed by atoms with van der Waals surface area (Å²) in [6, 6.07) is 1.30. The lowest BCUT2D eigenvalue weighted by Gasteiger charge is -2.18. The molecule has 1 aromatic carbocycles. The number of benzene rings is 1. The number of rotatable bonds is 5. The van der Waals surface area contributed by atoms with E-state index in [-0.39, 0.29) is 6.04 Å². The molecular weight excluding hydrogens is 309 g/mol. The van der Waals surface area contributed by atoms with Crippen LogP contribution in [0.1, 0.15) is 12.8 Å². The molecule has 0 heterocycles. The SMILES string of the molecule is CS(=O)(=O)N(CC(=O)Nc1ccc(F)c(F)c1F)C1CC1. The van der Waals surface area contributed by atoms with Crippen LogP contribution in [-0.2, 0) is 14.8 Å². The van der Waals surface area contributed by atoms with Gasteiger partial charge in [0.25, 0.3) is 0 Å². The molecule has 0 radical (unpaired) electrons. The van der Waals surface area contributed by atoms with Crippen molar-refractivity contribution in [1.82, 2.24) is 4.31 Å². The van der Waals surface area contributed by atoms with E-state index in [9.17, 15) is 26.4 Å². The molecule has 1 N–H and O–H groups in total. The van der Waals surface area contributed by atoms with Gasteiger partial charge in [-0.3, -0.25) is 4.79 Å². The zero-order valence-corrected chi connectivity index (χ0v) is 11.9. The summed E-state index contributed by atoms with van der Waals surface area (Å²) in [7, 11) is -3.57. The van der Waals surface area contributed by atoms with Crippen LogP contribution in [0.15, 0.2) is 12.1 Å². The van der Waals surface area contributed by atoms with Crippen LogP contribution in [0.4, 0.5) is 18.9 Å². The Bertz CT molecular complexity index is 675. The smallest absolute Gasteiger partial charge is 0.239 e. The maximum atomic E-state index is 13.4. The van der Waals surface area contributed by atoms with Crippen LogP contribution < -0.4 is 5.32 Å². The molecule has 0 unspecified atom stereocenters. The summed E-state index contributed by atoms with van der Waals surface area (Å²) >= 11 is 0. The van der Waals surface area contributed by atoms with E-state index in [0.717, 1.165) is 16.6 Å². The highest BCUT2D eigenvalue weighted by molar-refractivity contribution is 7.88. The first-order valence-corrected chi connectivity index (χ1v) is 7.95. The monoisotopic (exact) mass is 322 g/mol. The second-order valence-electron chi connectivity index (χ2n) is 4.81. The molecule has 0 aromatic heterocycles. The standard InChI is InChI=1S/C12H13F3N2O3S/c1-21(19,20)17(7-2-3-7)6-10(18)16-9-5-4-8(13)11(14)12(9)15/h4-5,7H,2-3,6H2,1H3,(H,16,18). The van der Waals surface area contributed by atoms with Crippen molar-refractivity contribution in [3.63, 3.8) is 0 Å². The van der Waals surface area contributed by atoms with Gasteiger partial charge in [-0.2, -0.15) is 4.31 Å². The van der Waals surface area contributed by atoms with Crippen LogP contribution in [0.5, 0.6) is 0 Å². The third-order valence-electron chi connectivity index (χ3n) is 2.99. The first kappa shape index (κ1) is 15.8. The topological polar surface area (TPSA) is 66.5 Å². The minimum Gasteiger partial charge on any atom is -0.322 e. The largest absolute Gasteiger partial charge is 0.322 e. The van der Waals surface area contributed by atoms with Crippen LogP contribution >= 0.6 is 0 Å². The van der Waals surface area contributed by atoms with E-state index in [1.807, 2.05) is 5.32 Å². The van der Waals surface area contributed by atoms with Crippen molar-refractivity contribution in [3.05, 3.63) is 29.6 Å². The molecule has 2 rings (SSSR count). The van der Waals surface area contributed by atoms with Gasteiger partial charge in [-0.15, -0.1) is 0 Å². The number of halogens is 3. The number of hydrogen-bond donors (Lipinski definition) is 1. The number of amides is 1. The lowest BCUT2D eigenvalue weighted by molar-refractivity contribution is -0.116. The number of carbonyl (C=O) groups excluding carboxylic acids is 1. The third kappa shape index (κ3) is 3.73. The number of sulfonamides is 1.